The van der Waals surface area contributed by atoms with Crippen LogP contribution < -0.4 is 5.32 Å². The number of amides is 1. The summed E-state index contributed by atoms with van der Waals surface area (Å²) in [5.41, 5.74) is 0. The number of carboxylic acid groups (broad SMARTS) is 1. The molecule has 0 radical (unpaired) electrons. The van der Waals surface area contributed by atoms with E-state index in [4.69, 9.17) is 5.11 Å². The number of aliphatic carboxylic acids is 1. The van der Waals surface area contributed by atoms with Crippen molar-refractivity contribution in [2.75, 3.05) is 0 Å². The minimum absolute atomic E-state index is 0.0556. The van der Waals surface area contributed by atoms with Gasteiger partial charge in [0.15, 0.2) is 6.30 Å². The Kier molecular flexibility index (Phi) is 4.67. The van der Waals surface area contributed by atoms with Crippen LogP contribution in [0.5, 0.6) is 0 Å². The molecule has 5 heteroatoms. The molecular formula is C7H10FNO3. The Labute approximate surface area is 69.1 Å². The van der Waals surface area contributed by atoms with Gasteiger partial charge in [0.2, 0.25) is 5.91 Å². The first-order valence-electron chi connectivity index (χ1n) is 3.35. The molecule has 1 unspecified atom stereocenters. The summed E-state index contributed by atoms with van der Waals surface area (Å²) in [5, 5.41) is 9.83. The molecule has 0 spiro atoms. The highest BCUT2D eigenvalue weighted by Crippen LogP contribution is 2.02. The van der Waals surface area contributed by atoms with E-state index in [1.165, 1.54) is 6.08 Å². The van der Waals surface area contributed by atoms with E-state index in [0.29, 0.717) is 0 Å². The smallest absolute Gasteiger partial charge is 0.327 e. The number of β-lactam (4-membered cyclic amide) rings is 1. The van der Waals surface area contributed by atoms with Crippen molar-refractivity contribution in [1.29, 1.82) is 0 Å². The minimum atomic E-state index is -1.06. The van der Waals surface area contributed by atoms with Gasteiger partial charge in [0.25, 0.3) is 0 Å². The van der Waals surface area contributed by atoms with Gasteiger partial charge in [0, 0.05) is 6.08 Å². The van der Waals surface area contributed by atoms with E-state index >= 15 is 0 Å². The van der Waals surface area contributed by atoms with Crippen molar-refractivity contribution in [3.8, 4) is 0 Å². The third-order valence-corrected chi connectivity index (χ3v) is 0.991. The van der Waals surface area contributed by atoms with Gasteiger partial charge >= 0.3 is 5.97 Å². The number of alkyl halides is 1. The van der Waals surface area contributed by atoms with Gasteiger partial charge in [0.1, 0.15) is 0 Å². The van der Waals surface area contributed by atoms with Crippen LogP contribution in [-0.2, 0) is 9.59 Å². The lowest BCUT2D eigenvalue weighted by atomic mass is 10.2. The van der Waals surface area contributed by atoms with Crippen LogP contribution in [-0.4, -0.2) is 23.3 Å². The summed E-state index contributed by atoms with van der Waals surface area (Å²) < 4.78 is 11.4. The maximum Gasteiger partial charge on any atom is 0.327 e. The standard InChI is InChI=1S/C4H6O2.C3H4FNO/c1-2-3-4(5)6;4-2-1-3(6)5-2/h2-3H,1H3,(H,5,6);2H,1H2,(H,5,6). The van der Waals surface area contributed by atoms with Crippen LogP contribution >= 0.6 is 0 Å². The molecule has 0 saturated carbocycles. The zero-order valence-corrected chi connectivity index (χ0v) is 6.58. The van der Waals surface area contributed by atoms with Gasteiger partial charge in [-0.15, -0.1) is 0 Å². The zero-order chi connectivity index (χ0) is 9.56. The van der Waals surface area contributed by atoms with E-state index in [1.807, 2.05) is 5.32 Å². The minimum Gasteiger partial charge on any atom is -0.478 e. The van der Waals surface area contributed by atoms with E-state index < -0.39 is 12.3 Å². The summed E-state index contributed by atoms with van der Waals surface area (Å²) in [6.45, 7) is 1.66. The second-order valence-corrected chi connectivity index (χ2v) is 2.08. The monoisotopic (exact) mass is 175 g/mol. The average Bonchev–Trinajstić information content (AvgIpc) is 1.85. The Morgan fingerprint density at radius 3 is 2.33 bits per heavy atom. The molecule has 1 atom stereocenters. The number of halogens is 1. The fourth-order valence-electron chi connectivity index (χ4n) is 0.459. The predicted octanol–water partition coefficient (Wildman–Crippen LogP) is 0.449. The molecule has 4 nitrogen and oxygen atoms in total. The molecule has 68 valence electrons. The van der Waals surface area contributed by atoms with Crippen LogP contribution in [0, 0.1) is 0 Å². The van der Waals surface area contributed by atoms with Crippen molar-refractivity contribution >= 4 is 11.9 Å². The first kappa shape index (κ1) is 10.6. The first-order valence-corrected chi connectivity index (χ1v) is 3.35. The van der Waals surface area contributed by atoms with E-state index in [0.717, 1.165) is 6.08 Å². The summed E-state index contributed by atoms with van der Waals surface area (Å²) in [4.78, 5) is 19.3. The van der Waals surface area contributed by atoms with Crippen LogP contribution in [0.4, 0.5) is 4.39 Å². The maximum absolute atomic E-state index is 11.4. The van der Waals surface area contributed by atoms with Crippen LogP contribution in [0.1, 0.15) is 13.3 Å². The van der Waals surface area contributed by atoms with Gasteiger partial charge < -0.3 is 10.4 Å². The van der Waals surface area contributed by atoms with Crippen LogP contribution in [0.2, 0.25) is 0 Å². The van der Waals surface area contributed by atoms with E-state index in [-0.39, 0.29) is 12.3 Å². The molecule has 1 amide bonds. The Morgan fingerprint density at radius 1 is 1.83 bits per heavy atom. The normalized spacial score (nSPS) is 20.5. The second kappa shape index (κ2) is 5.29. The molecular weight excluding hydrogens is 165 g/mol. The molecule has 0 aliphatic carbocycles. The van der Waals surface area contributed by atoms with E-state index in [9.17, 15) is 14.0 Å². The van der Waals surface area contributed by atoms with E-state index in [1.54, 1.807) is 6.92 Å². The Hall–Kier alpha value is -1.39. The molecule has 0 bridgehead atoms. The molecule has 0 aromatic carbocycles. The van der Waals surface area contributed by atoms with Crippen molar-refractivity contribution in [3.05, 3.63) is 12.2 Å². The summed E-state index contributed by atoms with van der Waals surface area (Å²) in [6, 6.07) is 0. The number of carbonyl (C=O) groups is 2. The highest BCUT2D eigenvalue weighted by molar-refractivity contribution is 5.82. The summed E-state index contributed by atoms with van der Waals surface area (Å²) in [6.07, 6.45) is 1.56. The molecule has 1 fully saturated rings. The molecule has 2 N–H and O–H groups in total. The van der Waals surface area contributed by atoms with Gasteiger partial charge in [-0.25, -0.2) is 9.18 Å². The van der Waals surface area contributed by atoms with Crippen molar-refractivity contribution in [1.82, 2.24) is 5.32 Å². The molecule has 1 saturated heterocycles. The lowest BCUT2D eigenvalue weighted by Crippen LogP contribution is -2.45. The highest BCUT2D eigenvalue weighted by Gasteiger charge is 2.23. The number of hydrogen-bond donors (Lipinski definition) is 2. The third-order valence-electron chi connectivity index (χ3n) is 0.991. The third kappa shape index (κ3) is 5.40. The molecule has 1 rings (SSSR count). The highest BCUT2D eigenvalue weighted by atomic mass is 19.1. The average molecular weight is 175 g/mol. The molecule has 0 aromatic heterocycles. The number of carboxylic acids is 1. The van der Waals surface area contributed by atoms with Crippen molar-refractivity contribution in [2.24, 2.45) is 0 Å². The number of allylic oxidation sites excluding steroid dienone is 1. The molecule has 1 aliphatic heterocycles. The Bertz CT molecular complexity index is 195. The fourth-order valence-corrected chi connectivity index (χ4v) is 0.459. The molecule has 0 aromatic rings. The van der Waals surface area contributed by atoms with Crippen molar-refractivity contribution in [2.45, 2.75) is 19.6 Å². The summed E-state index contributed by atoms with van der Waals surface area (Å²) in [7, 11) is 0. The summed E-state index contributed by atoms with van der Waals surface area (Å²) in [5.74, 6) is -1.08. The first-order chi connectivity index (χ1) is 5.56. The topological polar surface area (TPSA) is 66.4 Å². The number of hydrogen-bond acceptors (Lipinski definition) is 2. The van der Waals surface area contributed by atoms with Gasteiger partial charge in [0.05, 0.1) is 6.42 Å². The van der Waals surface area contributed by atoms with E-state index in [2.05, 4.69) is 0 Å². The fraction of sp³-hybridized carbons (Fsp3) is 0.429. The van der Waals surface area contributed by atoms with Crippen LogP contribution in [0.25, 0.3) is 0 Å². The number of nitrogens with one attached hydrogen (secondary N) is 1. The molecule has 12 heavy (non-hydrogen) atoms. The Balaban J connectivity index is 0.000000202. The SMILES string of the molecule is CC=CC(=O)O.O=C1CC(F)N1. The lowest BCUT2D eigenvalue weighted by molar-refractivity contribution is -0.132. The maximum atomic E-state index is 11.4. The van der Waals surface area contributed by atoms with Crippen molar-refractivity contribution < 1.29 is 19.1 Å². The van der Waals surface area contributed by atoms with Crippen LogP contribution in [0.3, 0.4) is 0 Å². The predicted molar refractivity (Wildman–Crippen MR) is 40.1 cm³/mol. The number of rotatable bonds is 1. The Morgan fingerprint density at radius 2 is 2.33 bits per heavy atom. The molecule has 1 heterocycles. The van der Waals surface area contributed by atoms with Gasteiger partial charge in [-0.1, -0.05) is 6.08 Å². The largest absolute Gasteiger partial charge is 0.478 e. The second-order valence-electron chi connectivity index (χ2n) is 2.08. The lowest BCUT2D eigenvalue weighted by Gasteiger charge is -2.17. The zero-order valence-electron chi connectivity index (χ0n) is 6.58. The summed E-state index contributed by atoms with van der Waals surface area (Å²) >= 11 is 0. The van der Waals surface area contributed by atoms with Gasteiger partial charge in [-0.2, -0.15) is 0 Å². The van der Waals surface area contributed by atoms with Crippen molar-refractivity contribution in [3.63, 3.8) is 0 Å². The van der Waals surface area contributed by atoms with Gasteiger partial charge in [-0.05, 0) is 6.92 Å². The van der Waals surface area contributed by atoms with Crippen LogP contribution in [0.15, 0.2) is 12.2 Å². The van der Waals surface area contributed by atoms with Gasteiger partial charge in [-0.3, -0.25) is 4.79 Å². The number of carbonyl (C=O) groups excluding carboxylic acids is 1. The quantitative estimate of drug-likeness (QED) is 0.345. The molecule has 1 aliphatic rings.